The molecule has 0 radical (unpaired) electrons. The van der Waals surface area contributed by atoms with Crippen molar-refractivity contribution >= 4 is 23.3 Å². The Bertz CT molecular complexity index is 797. The number of nitro benzene ring substituents is 1. The maximum absolute atomic E-state index is 12.4. The lowest BCUT2D eigenvalue weighted by molar-refractivity contribution is -0.384. The highest BCUT2D eigenvalue weighted by Crippen LogP contribution is 2.22. The van der Waals surface area contributed by atoms with Crippen LogP contribution in [0, 0.1) is 10.1 Å². The molecule has 0 bridgehead atoms. The van der Waals surface area contributed by atoms with Crippen LogP contribution in [0.3, 0.4) is 0 Å². The van der Waals surface area contributed by atoms with Gasteiger partial charge in [-0.05, 0) is 11.6 Å². The molecule has 0 aliphatic carbocycles. The van der Waals surface area contributed by atoms with E-state index in [9.17, 15) is 19.7 Å². The molecule has 9 nitrogen and oxygen atoms in total. The lowest BCUT2D eigenvalue weighted by Gasteiger charge is -2.17. The van der Waals surface area contributed by atoms with Gasteiger partial charge in [0.15, 0.2) is 0 Å². The third-order valence-electron chi connectivity index (χ3n) is 3.76. The van der Waals surface area contributed by atoms with Gasteiger partial charge in [-0.1, -0.05) is 42.5 Å². The SMILES string of the molecule is NC(=O)N[C@@H](Cc1ccccc1)C(=O)NCCNc1ccccc1[N+](=O)[O-]. The Balaban J connectivity index is 1.88. The summed E-state index contributed by atoms with van der Waals surface area (Å²) in [4.78, 5) is 34.0. The minimum atomic E-state index is -0.809. The summed E-state index contributed by atoms with van der Waals surface area (Å²) in [6.07, 6.45) is 0.299. The molecular weight excluding hydrogens is 350 g/mol. The highest BCUT2D eigenvalue weighted by molar-refractivity contribution is 5.86. The molecule has 3 amide bonds. The number of primary amides is 1. The molecule has 5 N–H and O–H groups in total. The Labute approximate surface area is 156 Å². The number of anilines is 1. The average molecular weight is 371 g/mol. The fourth-order valence-electron chi connectivity index (χ4n) is 2.52. The van der Waals surface area contributed by atoms with E-state index >= 15 is 0 Å². The van der Waals surface area contributed by atoms with E-state index in [0.29, 0.717) is 12.1 Å². The number of benzene rings is 2. The molecule has 0 aliphatic heterocycles. The van der Waals surface area contributed by atoms with Crippen LogP contribution in [0.15, 0.2) is 54.6 Å². The first-order valence-electron chi connectivity index (χ1n) is 8.32. The van der Waals surface area contributed by atoms with E-state index in [2.05, 4.69) is 16.0 Å². The summed E-state index contributed by atoms with van der Waals surface area (Å²) in [5.74, 6) is -0.387. The molecule has 9 heteroatoms. The van der Waals surface area contributed by atoms with Crippen molar-refractivity contribution in [3.63, 3.8) is 0 Å². The lowest BCUT2D eigenvalue weighted by Crippen LogP contribution is -2.50. The van der Waals surface area contributed by atoms with Crippen molar-refractivity contribution < 1.29 is 14.5 Å². The monoisotopic (exact) mass is 371 g/mol. The van der Waals surface area contributed by atoms with E-state index in [1.165, 1.54) is 6.07 Å². The minimum absolute atomic E-state index is 0.0406. The predicted molar refractivity (Wildman–Crippen MR) is 101 cm³/mol. The first kappa shape index (κ1) is 19.7. The van der Waals surface area contributed by atoms with Crippen molar-refractivity contribution in [1.29, 1.82) is 0 Å². The van der Waals surface area contributed by atoms with Crippen molar-refractivity contribution in [3.8, 4) is 0 Å². The summed E-state index contributed by atoms with van der Waals surface area (Å²) in [6, 6.07) is 13.9. The van der Waals surface area contributed by atoms with Crippen molar-refractivity contribution in [2.75, 3.05) is 18.4 Å². The summed E-state index contributed by atoms with van der Waals surface area (Å²) in [5.41, 5.74) is 6.36. The number of hydrogen-bond acceptors (Lipinski definition) is 5. The second kappa shape index (κ2) is 9.76. The van der Waals surface area contributed by atoms with E-state index < -0.39 is 17.0 Å². The van der Waals surface area contributed by atoms with Gasteiger partial charge in [0, 0.05) is 25.6 Å². The molecular formula is C18H21N5O4. The van der Waals surface area contributed by atoms with Gasteiger partial charge in [0.25, 0.3) is 5.69 Å². The second-order valence-electron chi connectivity index (χ2n) is 5.74. The van der Waals surface area contributed by atoms with Gasteiger partial charge in [0.1, 0.15) is 11.7 Å². The summed E-state index contributed by atoms with van der Waals surface area (Å²) in [5, 5.41) is 19.0. The van der Waals surface area contributed by atoms with Crippen LogP contribution >= 0.6 is 0 Å². The summed E-state index contributed by atoms with van der Waals surface area (Å²) < 4.78 is 0. The molecule has 0 aromatic heterocycles. The number of nitrogens with two attached hydrogens (primary N) is 1. The molecule has 0 aliphatic rings. The predicted octanol–water partition coefficient (Wildman–Crippen LogP) is 1.40. The molecule has 142 valence electrons. The largest absolute Gasteiger partial charge is 0.378 e. The number of nitrogens with zero attached hydrogens (tertiary/aromatic N) is 1. The number of carbonyl (C=O) groups is 2. The van der Waals surface area contributed by atoms with E-state index in [4.69, 9.17) is 5.73 Å². The van der Waals surface area contributed by atoms with Gasteiger partial charge in [0.05, 0.1) is 4.92 Å². The summed E-state index contributed by atoms with van der Waals surface area (Å²) >= 11 is 0. The average Bonchev–Trinajstić information content (AvgIpc) is 2.65. The van der Waals surface area contributed by atoms with Crippen LogP contribution in [0.4, 0.5) is 16.2 Å². The van der Waals surface area contributed by atoms with Crippen LogP contribution in [-0.4, -0.2) is 36.0 Å². The summed E-state index contributed by atoms with van der Waals surface area (Å²) in [6.45, 7) is 0.502. The molecule has 0 saturated carbocycles. The van der Waals surface area contributed by atoms with Crippen molar-refractivity contribution in [1.82, 2.24) is 10.6 Å². The van der Waals surface area contributed by atoms with Crippen LogP contribution in [0.2, 0.25) is 0 Å². The summed E-state index contributed by atoms with van der Waals surface area (Å²) in [7, 11) is 0. The van der Waals surface area contributed by atoms with E-state index in [0.717, 1.165) is 5.56 Å². The topological polar surface area (TPSA) is 139 Å². The van der Waals surface area contributed by atoms with Crippen LogP contribution in [0.1, 0.15) is 5.56 Å². The lowest BCUT2D eigenvalue weighted by atomic mass is 10.1. The van der Waals surface area contributed by atoms with Gasteiger partial charge >= 0.3 is 6.03 Å². The standard InChI is InChI=1S/C18H21N5O4/c19-18(25)22-15(12-13-6-2-1-3-7-13)17(24)21-11-10-20-14-8-4-5-9-16(14)23(26)27/h1-9,15,20H,10-12H2,(H,21,24)(H3,19,22,25)/t15-/m0/s1. The number of nitrogens with one attached hydrogen (secondary N) is 3. The maximum Gasteiger partial charge on any atom is 0.312 e. The fraction of sp³-hybridized carbons (Fsp3) is 0.222. The minimum Gasteiger partial charge on any atom is -0.378 e. The zero-order chi connectivity index (χ0) is 19.6. The van der Waals surface area contributed by atoms with E-state index in [-0.39, 0.29) is 24.7 Å². The highest BCUT2D eigenvalue weighted by atomic mass is 16.6. The van der Waals surface area contributed by atoms with Crippen LogP contribution < -0.4 is 21.7 Å². The third-order valence-corrected chi connectivity index (χ3v) is 3.76. The number of hydrogen-bond donors (Lipinski definition) is 4. The molecule has 2 aromatic carbocycles. The number of rotatable bonds is 9. The molecule has 2 aromatic rings. The van der Waals surface area contributed by atoms with Gasteiger partial charge in [-0.2, -0.15) is 0 Å². The fourth-order valence-corrected chi connectivity index (χ4v) is 2.52. The number of nitro groups is 1. The first-order chi connectivity index (χ1) is 13.0. The smallest absolute Gasteiger partial charge is 0.312 e. The number of carbonyl (C=O) groups excluding carboxylic acids is 2. The van der Waals surface area contributed by atoms with Gasteiger partial charge in [-0.25, -0.2) is 4.79 Å². The Kier molecular flexibility index (Phi) is 7.12. The highest BCUT2D eigenvalue weighted by Gasteiger charge is 2.20. The quantitative estimate of drug-likeness (QED) is 0.300. The molecule has 0 fully saturated rings. The molecule has 0 saturated heterocycles. The Morgan fingerprint density at radius 1 is 1.04 bits per heavy atom. The van der Waals surface area contributed by atoms with E-state index in [1.54, 1.807) is 18.2 Å². The van der Waals surface area contributed by atoms with Crippen LogP contribution in [0.5, 0.6) is 0 Å². The van der Waals surface area contributed by atoms with Gasteiger partial charge in [-0.3, -0.25) is 14.9 Å². The van der Waals surface area contributed by atoms with Gasteiger partial charge < -0.3 is 21.7 Å². The zero-order valence-corrected chi connectivity index (χ0v) is 14.6. The van der Waals surface area contributed by atoms with Gasteiger partial charge in [-0.15, -0.1) is 0 Å². The van der Waals surface area contributed by atoms with E-state index in [1.807, 2.05) is 30.3 Å². The molecule has 1 atom stereocenters. The maximum atomic E-state index is 12.4. The Morgan fingerprint density at radius 3 is 2.37 bits per heavy atom. The normalized spacial score (nSPS) is 11.3. The number of para-hydroxylation sites is 2. The third kappa shape index (κ3) is 6.31. The molecule has 0 spiro atoms. The Morgan fingerprint density at radius 2 is 1.70 bits per heavy atom. The van der Waals surface area contributed by atoms with Crippen molar-refractivity contribution in [3.05, 3.63) is 70.3 Å². The Hall–Kier alpha value is -3.62. The van der Waals surface area contributed by atoms with Crippen LogP contribution in [0.25, 0.3) is 0 Å². The van der Waals surface area contributed by atoms with Gasteiger partial charge in [0.2, 0.25) is 5.91 Å². The van der Waals surface area contributed by atoms with Crippen LogP contribution in [-0.2, 0) is 11.2 Å². The molecule has 2 rings (SSSR count). The molecule has 0 unspecified atom stereocenters. The number of amides is 3. The van der Waals surface area contributed by atoms with Crippen molar-refractivity contribution in [2.45, 2.75) is 12.5 Å². The molecule has 27 heavy (non-hydrogen) atoms. The first-order valence-corrected chi connectivity index (χ1v) is 8.32. The molecule has 0 heterocycles. The second-order valence-corrected chi connectivity index (χ2v) is 5.74. The van der Waals surface area contributed by atoms with Crippen molar-refractivity contribution in [2.24, 2.45) is 5.73 Å². The number of urea groups is 1. The zero-order valence-electron chi connectivity index (χ0n) is 14.6.